The Morgan fingerprint density at radius 3 is 2.13 bits per heavy atom. The van der Waals surface area contributed by atoms with E-state index in [9.17, 15) is 39.6 Å². The van der Waals surface area contributed by atoms with Crippen LogP contribution in [-0.2, 0) is 21.4 Å². The van der Waals surface area contributed by atoms with Crippen molar-refractivity contribution >= 4 is 48.6 Å². The molecule has 1 fully saturated rings. The van der Waals surface area contributed by atoms with Gasteiger partial charge in [-0.2, -0.15) is 9.29 Å². The molecule has 0 aliphatic carbocycles. The van der Waals surface area contributed by atoms with E-state index in [4.69, 9.17) is 5.73 Å². The smallest absolute Gasteiger partial charge is 0.406 e. The third-order valence-electron chi connectivity index (χ3n) is 6.57. The van der Waals surface area contributed by atoms with Crippen LogP contribution in [0.25, 0.3) is 10.3 Å². The monoisotopic (exact) mass is 691 g/mol. The second-order valence-corrected chi connectivity index (χ2v) is 12.7. The Kier molecular flexibility index (Phi) is 8.88. The highest BCUT2D eigenvalue weighted by atomic mass is 32.2. The molecule has 46 heavy (non-hydrogen) atoms. The van der Waals surface area contributed by atoms with E-state index in [1.807, 2.05) is 0 Å². The molecule has 20 heteroatoms. The number of benzene rings is 2. The number of aromatic nitrogens is 3. The minimum absolute atomic E-state index is 0.0745. The number of hydrogen-bond acceptors (Lipinski definition) is 11. The number of rotatable bonds is 8. The van der Waals surface area contributed by atoms with Gasteiger partial charge in [0.25, 0.3) is 0 Å². The highest BCUT2D eigenvalue weighted by molar-refractivity contribution is 7.89. The van der Waals surface area contributed by atoms with Crippen molar-refractivity contribution in [3.63, 3.8) is 0 Å². The summed E-state index contributed by atoms with van der Waals surface area (Å²) >= 11 is 1.15. The Labute approximate surface area is 260 Å². The summed E-state index contributed by atoms with van der Waals surface area (Å²) in [6.45, 7) is 1.12. The van der Waals surface area contributed by atoms with Crippen LogP contribution in [0.5, 0.6) is 11.5 Å². The molecule has 1 aliphatic rings. The van der Waals surface area contributed by atoms with Gasteiger partial charge in [0.2, 0.25) is 15.9 Å². The average molecular weight is 692 g/mol. The summed E-state index contributed by atoms with van der Waals surface area (Å²) in [7, 11) is -4.44. The van der Waals surface area contributed by atoms with Gasteiger partial charge in [0.1, 0.15) is 33.9 Å². The molecule has 1 amide bonds. The molecule has 0 radical (unpaired) electrons. The minimum Gasteiger partial charge on any atom is -0.406 e. The number of amides is 1. The number of nitrogen functional groups attached to an aromatic ring is 1. The molecule has 2 aromatic carbocycles. The SMILES string of the molecule is Cc1nc(N)c2sc(N3CCN(S(=O)(=O)c4ccc(OC(F)(F)F)cc4)[C@@H](C(=O)NCc4ccc(OC(F)(F)F)cc4)C3)nc2n1. The predicted octanol–water partition coefficient (Wildman–Crippen LogP) is 3.97. The first-order chi connectivity index (χ1) is 21.5. The lowest BCUT2D eigenvalue weighted by molar-refractivity contribution is -0.275. The Morgan fingerprint density at radius 1 is 0.957 bits per heavy atom. The minimum atomic E-state index is -4.98. The first-order valence-electron chi connectivity index (χ1n) is 13.1. The van der Waals surface area contributed by atoms with E-state index < -0.39 is 46.2 Å². The van der Waals surface area contributed by atoms with E-state index in [1.165, 1.54) is 12.1 Å². The summed E-state index contributed by atoms with van der Waals surface area (Å²) in [4.78, 5) is 27.7. The molecule has 3 heterocycles. The molecule has 3 N–H and O–H groups in total. The molecule has 1 atom stereocenters. The first kappa shape index (κ1) is 32.9. The highest BCUT2D eigenvalue weighted by Crippen LogP contribution is 2.34. The van der Waals surface area contributed by atoms with Crippen LogP contribution >= 0.6 is 11.3 Å². The van der Waals surface area contributed by atoms with Crippen LogP contribution in [0.15, 0.2) is 53.4 Å². The van der Waals surface area contributed by atoms with Crippen molar-refractivity contribution in [2.75, 3.05) is 30.3 Å². The number of sulfonamides is 1. The van der Waals surface area contributed by atoms with Gasteiger partial charge in [-0.05, 0) is 48.9 Å². The zero-order valence-electron chi connectivity index (χ0n) is 23.5. The van der Waals surface area contributed by atoms with Gasteiger partial charge in [-0.1, -0.05) is 23.5 Å². The van der Waals surface area contributed by atoms with Gasteiger partial charge in [-0.15, -0.1) is 26.3 Å². The summed E-state index contributed by atoms with van der Waals surface area (Å²) in [5, 5.41) is 2.99. The van der Waals surface area contributed by atoms with Gasteiger partial charge >= 0.3 is 12.7 Å². The van der Waals surface area contributed by atoms with Crippen molar-refractivity contribution in [1.82, 2.24) is 24.6 Å². The molecule has 5 rings (SSSR count). The van der Waals surface area contributed by atoms with Crippen LogP contribution in [0.3, 0.4) is 0 Å². The molecular weight excluding hydrogens is 668 g/mol. The van der Waals surface area contributed by atoms with E-state index in [0.29, 0.717) is 26.9 Å². The number of piperazine rings is 1. The molecule has 246 valence electrons. The lowest BCUT2D eigenvalue weighted by Crippen LogP contribution is -2.60. The maximum atomic E-state index is 13.7. The van der Waals surface area contributed by atoms with E-state index in [2.05, 4.69) is 29.7 Å². The van der Waals surface area contributed by atoms with Crippen LogP contribution in [0.4, 0.5) is 37.3 Å². The summed E-state index contributed by atoms with van der Waals surface area (Å²) in [6, 6.07) is 6.88. The van der Waals surface area contributed by atoms with Crippen molar-refractivity contribution in [2.24, 2.45) is 0 Å². The van der Waals surface area contributed by atoms with E-state index >= 15 is 0 Å². The lowest BCUT2D eigenvalue weighted by atomic mass is 10.1. The molecule has 2 aromatic heterocycles. The zero-order chi connectivity index (χ0) is 33.4. The number of nitrogens with zero attached hydrogens (tertiary/aromatic N) is 5. The number of nitrogens with one attached hydrogen (secondary N) is 1. The van der Waals surface area contributed by atoms with E-state index in [1.54, 1.807) is 11.8 Å². The van der Waals surface area contributed by atoms with Gasteiger partial charge < -0.3 is 25.4 Å². The maximum Gasteiger partial charge on any atom is 0.573 e. The molecule has 0 unspecified atom stereocenters. The van der Waals surface area contributed by atoms with Crippen molar-refractivity contribution in [2.45, 2.75) is 37.1 Å². The molecular formula is C26H23F6N7O5S2. The average Bonchev–Trinajstić information content (AvgIpc) is 3.39. The standard InChI is InChI=1S/C26H23F6N7O5S2/c1-14-35-21(33)20-22(36-14)37-24(45-20)38-10-11-39(46(41,42)18-8-6-17(7-9-18)44-26(30,31)32)19(13-38)23(40)34-12-15-2-4-16(5-3-15)43-25(27,28)29/h2-9,19H,10-13H2,1H3,(H,34,40)(H2,33,35,36)/t19-/m1/s1. The number of anilines is 2. The number of ether oxygens (including phenoxy) is 2. The molecule has 0 spiro atoms. The number of halogens is 6. The fourth-order valence-corrected chi connectivity index (χ4v) is 7.10. The highest BCUT2D eigenvalue weighted by Gasteiger charge is 2.41. The Morgan fingerprint density at radius 2 is 1.54 bits per heavy atom. The van der Waals surface area contributed by atoms with Crippen molar-refractivity contribution < 1.29 is 49.0 Å². The van der Waals surface area contributed by atoms with Crippen LogP contribution in [0.2, 0.25) is 0 Å². The van der Waals surface area contributed by atoms with Crippen molar-refractivity contribution in [1.29, 1.82) is 0 Å². The quantitative estimate of drug-likeness (QED) is 0.260. The van der Waals surface area contributed by atoms with Crippen LogP contribution in [0.1, 0.15) is 11.4 Å². The summed E-state index contributed by atoms with van der Waals surface area (Å²) < 4.78 is 112. The number of carbonyl (C=O) groups excluding carboxylic acids is 1. The fourth-order valence-electron chi connectivity index (χ4n) is 4.59. The maximum absolute atomic E-state index is 13.7. The Bertz CT molecular complexity index is 1840. The molecule has 0 saturated carbocycles. The number of aryl methyl sites for hydroxylation is 1. The van der Waals surface area contributed by atoms with E-state index in [-0.39, 0.29) is 36.9 Å². The molecule has 0 bridgehead atoms. The second-order valence-electron chi connectivity index (χ2n) is 9.81. The lowest BCUT2D eigenvalue weighted by Gasteiger charge is -2.39. The fraction of sp³-hybridized carbons (Fsp3) is 0.308. The van der Waals surface area contributed by atoms with Crippen LogP contribution in [-0.4, -0.2) is 72.0 Å². The third kappa shape index (κ3) is 7.68. The topological polar surface area (TPSA) is 153 Å². The molecule has 4 aromatic rings. The molecule has 12 nitrogen and oxygen atoms in total. The number of thiazole rings is 1. The first-order valence-corrected chi connectivity index (χ1v) is 15.4. The van der Waals surface area contributed by atoms with E-state index in [0.717, 1.165) is 52.0 Å². The molecule has 1 saturated heterocycles. The van der Waals surface area contributed by atoms with Gasteiger partial charge in [-0.3, -0.25) is 4.79 Å². The normalized spacial score (nSPS) is 16.4. The Hall–Kier alpha value is -4.43. The Balaban J connectivity index is 1.40. The number of alkyl halides is 6. The third-order valence-corrected chi connectivity index (χ3v) is 9.62. The van der Waals surface area contributed by atoms with Crippen LogP contribution < -0.4 is 25.4 Å². The van der Waals surface area contributed by atoms with Gasteiger partial charge in [0.15, 0.2) is 10.8 Å². The number of nitrogens with two attached hydrogens (primary N) is 1. The summed E-state index contributed by atoms with van der Waals surface area (Å²) in [5.74, 6) is -1.26. The number of carbonyl (C=O) groups is 1. The van der Waals surface area contributed by atoms with Crippen molar-refractivity contribution in [3.8, 4) is 11.5 Å². The molecule has 1 aliphatic heterocycles. The summed E-state index contributed by atoms with van der Waals surface area (Å²) in [5.41, 5.74) is 6.72. The van der Waals surface area contributed by atoms with Gasteiger partial charge in [0.05, 0.1) is 4.90 Å². The number of fused-ring (bicyclic) bond motifs is 1. The van der Waals surface area contributed by atoms with Crippen LogP contribution in [0, 0.1) is 6.92 Å². The second kappa shape index (κ2) is 12.4. The van der Waals surface area contributed by atoms with Gasteiger partial charge in [-0.25, -0.2) is 18.4 Å². The number of hydrogen-bond donors (Lipinski definition) is 2. The predicted molar refractivity (Wildman–Crippen MR) is 152 cm³/mol. The van der Waals surface area contributed by atoms with Crippen molar-refractivity contribution in [3.05, 3.63) is 59.9 Å². The summed E-state index contributed by atoms with van der Waals surface area (Å²) in [6.07, 6.45) is -9.87. The largest absolute Gasteiger partial charge is 0.573 e. The zero-order valence-corrected chi connectivity index (χ0v) is 25.1. The van der Waals surface area contributed by atoms with Gasteiger partial charge in [0, 0.05) is 26.2 Å².